The third-order valence-corrected chi connectivity index (χ3v) is 4.14. The Hall–Kier alpha value is -1.16. The van der Waals surface area contributed by atoms with Crippen LogP contribution in [-0.2, 0) is 14.4 Å². The Morgan fingerprint density at radius 1 is 0.882 bits per heavy atom. The topological polar surface area (TPSA) is 88.3 Å². The van der Waals surface area contributed by atoms with E-state index in [1.54, 1.807) is 0 Å². The van der Waals surface area contributed by atoms with Crippen molar-refractivity contribution in [3.8, 4) is 0 Å². The highest BCUT2D eigenvalue weighted by atomic mass is 32.2. The van der Waals surface area contributed by atoms with Crippen LogP contribution in [0.3, 0.4) is 0 Å². The van der Waals surface area contributed by atoms with Crippen molar-refractivity contribution in [1.29, 1.82) is 0 Å². The lowest BCUT2D eigenvalue weighted by Crippen LogP contribution is -2.00. The molecule has 0 aromatic rings. The first-order valence-corrected chi connectivity index (χ1v) is 6.79. The fourth-order valence-corrected chi connectivity index (χ4v) is 2.89. The van der Waals surface area contributed by atoms with Gasteiger partial charge in [-0.05, 0) is 12.8 Å². The molecule has 0 heterocycles. The molecule has 0 bridgehead atoms. The van der Waals surface area contributed by atoms with Gasteiger partial charge in [0.15, 0.2) is 0 Å². The number of nitrogens with zero attached hydrogens (tertiary/aromatic N) is 3. The van der Waals surface area contributed by atoms with Crippen molar-refractivity contribution in [2.75, 3.05) is 18.3 Å². The molecule has 92 valence electrons. The van der Waals surface area contributed by atoms with Gasteiger partial charge in [-0.3, -0.25) is 0 Å². The average Bonchev–Trinajstić information content (AvgIpc) is 2.34. The zero-order chi connectivity index (χ0) is 12.8. The third-order valence-electron chi connectivity index (χ3n) is 1.55. The van der Waals surface area contributed by atoms with Crippen LogP contribution in [0, 0.1) is 0 Å². The largest absolute Gasteiger partial charge is 0.235 e. The van der Waals surface area contributed by atoms with Gasteiger partial charge in [-0.25, -0.2) is 19.4 Å². The fourth-order valence-electron chi connectivity index (χ4n) is 0.891. The molecular weight excluding hydrogens is 262 g/mol. The van der Waals surface area contributed by atoms with Crippen LogP contribution in [0.4, 0.5) is 0 Å². The second-order valence-corrected chi connectivity index (χ2v) is 5.25. The van der Waals surface area contributed by atoms with Gasteiger partial charge in [0.05, 0.1) is 22.9 Å². The van der Waals surface area contributed by atoms with Crippen LogP contribution < -0.4 is 0 Å². The zero-order valence-corrected chi connectivity index (χ0v) is 10.6. The Kier molecular flexibility index (Phi) is 12.0. The van der Waals surface area contributed by atoms with Crippen molar-refractivity contribution in [1.82, 2.24) is 0 Å². The summed E-state index contributed by atoms with van der Waals surface area (Å²) in [4.78, 5) is 40.0. The molecule has 0 atom stereocenters. The molecule has 17 heavy (non-hydrogen) atoms. The molecule has 0 unspecified atom stereocenters. The Morgan fingerprint density at radius 3 is 1.88 bits per heavy atom. The molecule has 0 aliphatic heterocycles. The quantitative estimate of drug-likeness (QED) is 0.260. The fraction of sp³-hybridized carbons (Fsp3) is 0.667. The first kappa shape index (κ1) is 15.8. The van der Waals surface area contributed by atoms with Crippen molar-refractivity contribution < 1.29 is 14.4 Å². The van der Waals surface area contributed by atoms with Crippen LogP contribution in [0.15, 0.2) is 15.0 Å². The summed E-state index contributed by atoms with van der Waals surface area (Å²) >= 11 is 2.92. The van der Waals surface area contributed by atoms with Crippen molar-refractivity contribution in [3.63, 3.8) is 0 Å². The van der Waals surface area contributed by atoms with E-state index in [-0.39, 0.29) is 4.58 Å². The second kappa shape index (κ2) is 12.9. The van der Waals surface area contributed by atoms with Crippen molar-refractivity contribution in [3.05, 3.63) is 0 Å². The molecule has 0 saturated carbocycles. The second-order valence-electron chi connectivity index (χ2n) is 2.64. The Balaban J connectivity index is 3.94. The molecule has 0 rings (SSSR count). The van der Waals surface area contributed by atoms with E-state index in [0.717, 1.165) is 12.8 Å². The maximum Gasteiger partial charge on any atom is 0.235 e. The van der Waals surface area contributed by atoms with Gasteiger partial charge in [0.2, 0.25) is 18.2 Å². The van der Waals surface area contributed by atoms with Gasteiger partial charge in [0.25, 0.3) is 0 Å². The molecule has 0 saturated heterocycles. The van der Waals surface area contributed by atoms with Gasteiger partial charge in [-0.1, -0.05) is 0 Å². The van der Waals surface area contributed by atoms with Crippen molar-refractivity contribution >= 4 is 41.8 Å². The van der Waals surface area contributed by atoms with Gasteiger partial charge < -0.3 is 0 Å². The summed E-state index contributed by atoms with van der Waals surface area (Å²) in [5.41, 5.74) is 0. The van der Waals surface area contributed by atoms with Gasteiger partial charge >= 0.3 is 0 Å². The number of hydrogen-bond acceptors (Lipinski definition) is 8. The number of carbonyl (C=O) groups excluding carboxylic acids is 3. The van der Waals surface area contributed by atoms with Gasteiger partial charge in [0.1, 0.15) is 0 Å². The summed E-state index contributed by atoms with van der Waals surface area (Å²) in [5, 5.41) is 0. The highest BCUT2D eigenvalue weighted by Crippen LogP contribution is 2.28. The number of isocyanates is 3. The SMILES string of the molecule is O=C=NCCCC(SCN=C=O)SCN=C=O. The molecule has 0 radical (unpaired) electrons. The summed E-state index contributed by atoms with van der Waals surface area (Å²) in [6.07, 6.45) is 5.89. The van der Waals surface area contributed by atoms with Crippen LogP contribution >= 0.6 is 23.5 Å². The molecule has 0 spiro atoms. The molecule has 0 aromatic carbocycles. The minimum Gasteiger partial charge on any atom is -0.211 e. The highest BCUT2D eigenvalue weighted by Gasteiger charge is 2.08. The Labute approximate surface area is 107 Å². The molecule has 0 amide bonds. The summed E-state index contributed by atoms with van der Waals surface area (Å²) in [5.74, 6) is 0.645. The van der Waals surface area contributed by atoms with E-state index < -0.39 is 0 Å². The number of aliphatic imine (C=N–C) groups is 3. The van der Waals surface area contributed by atoms with E-state index in [2.05, 4.69) is 15.0 Å². The smallest absolute Gasteiger partial charge is 0.211 e. The third kappa shape index (κ3) is 11.1. The van der Waals surface area contributed by atoms with E-state index in [4.69, 9.17) is 0 Å². The lowest BCUT2D eigenvalue weighted by molar-refractivity contribution is 0.561. The first-order chi connectivity index (χ1) is 8.35. The van der Waals surface area contributed by atoms with Gasteiger partial charge in [0, 0.05) is 0 Å². The minimum absolute atomic E-state index is 0.144. The predicted octanol–water partition coefficient (Wildman–Crippen LogP) is 1.48. The number of hydrogen-bond donors (Lipinski definition) is 0. The van der Waals surface area contributed by atoms with Crippen LogP contribution in [0.2, 0.25) is 0 Å². The molecule has 0 aromatic heterocycles. The van der Waals surface area contributed by atoms with Gasteiger partial charge in [-0.2, -0.15) is 9.98 Å². The molecule has 0 N–H and O–H groups in total. The highest BCUT2D eigenvalue weighted by molar-refractivity contribution is 8.16. The Bertz CT molecular complexity index is 323. The van der Waals surface area contributed by atoms with Crippen LogP contribution in [0.25, 0.3) is 0 Å². The molecule has 6 nitrogen and oxygen atoms in total. The predicted molar refractivity (Wildman–Crippen MR) is 67.2 cm³/mol. The summed E-state index contributed by atoms with van der Waals surface area (Å²) < 4.78 is 0.144. The first-order valence-electron chi connectivity index (χ1n) is 4.69. The summed E-state index contributed by atoms with van der Waals surface area (Å²) in [6, 6.07) is 0. The van der Waals surface area contributed by atoms with E-state index >= 15 is 0 Å². The molecular formula is C9H11N3O3S2. The molecule has 0 fully saturated rings. The number of thioether (sulfide) groups is 2. The minimum atomic E-state index is 0.144. The van der Waals surface area contributed by atoms with E-state index in [0.29, 0.717) is 18.3 Å². The lowest BCUT2D eigenvalue weighted by atomic mass is 10.3. The van der Waals surface area contributed by atoms with Gasteiger partial charge in [-0.15, -0.1) is 23.5 Å². The van der Waals surface area contributed by atoms with E-state index in [1.165, 1.54) is 41.8 Å². The summed E-state index contributed by atoms with van der Waals surface area (Å²) in [7, 11) is 0. The monoisotopic (exact) mass is 273 g/mol. The zero-order valence-electron chi connectivity index (χ0n) is 9.00. The molecule has 8 heteroatoms. The van der Waals surface area contributed by atoms with E-state index in [1.807, 2.05) is 0 Å². The van der Waals surface area contributed by atoms with Crippen LogP contribution in [-0.4, -0.2) is 41.1 Å². The maximum absolute atomic E-state index is 9.91. The van der Waals surface area contributed by atoms with Crippen molar-refractivity contribution in [2.45, 2.75) is 17.4 Å². The van der Waals surface area contributed by atoms with Crippen molar-refractivity contribution in [2.24, 2.45) is 15.0 Å². The molecule has 0 aliphatic carbocycles. The molecule has 0 aliphatic rings. The average molecular weight is 273 g/mol. The number of rotatable bonds is 10. The maximum atomic E-state index is 9.91. The lowest BCUT2D eigenvalue weighted by Gasteiger charge is -2.12. The van der Waals surface area contributed by atoms with Crippen LogP contribution in [0.5, 0.6) is 0 Å². The summed E-state index contributed by atoms with van der Waals surface area (Å²) in [6.45, 7) is 0.426. The standard InChI is InChI=1S/C9H11N3O3S2/c13-4-10-3-1-2-9(16-7-11-5-14)17-8-12-6-15/h9H,1-3,7-8H2. The normalized spacial score (nSPS) is 10.6. The Morgan fingerprint density at radius 2 is 1.41 bits per heavy atom. The van der Waals surface area contributed by atoms with Crippen LogP contribution in [0.1, 0.15) is 12.8 Å². The van der Waals surface area contributed by atoms with E-state index in [9.17, 15) is 14.4 Å².